The summed E-state index contributed by atoms with van der Waals surface area (Å²) in [5.41, 5.74) is 0. The zero-order valence-electron chi connectivity index (χ0n) is 7.04. The Morgan fingerprint density at radius 3 is 2.30 bits per heavy atom. The van der Waals surface area contributed by atoms with Gasteiger partial charge in [-0.3, -0.25) is 0 Å². The highest BCUT2D eigenvalue weighted by Crippen LogP contribution is 2.26. The van der Waals surface area contributed by atoms with Gasteiger partial charge in [0, 0.05) is 18.7 Å². The molecule has 60 valence electrons. The molecule has 0 amide bonds. The molecule has 0 aromatic rings. The van der Waals surface area contributed by atoms with Gasteiger partial charge in [0.1, 0.15) is 0 Å². The molecular weight excluding hydrogens is 126 g/mol. The zero-order chi connectivity index (χ0) is 7.72. The van der Waals surface area contributed by atoms with E-state index in [0.29, 0.717) is 24.6 Å². The molecule has 1 fully saturated rings. The normalized spacial score (nSPS) is 42.6. The maximum Gasteiger partial charge on any atom is 0.0474 e. The first kappa shape index (κ1) is 8.02. The summed E-state index contributed by atoms with van der Waals surface area (Å²) in [6, 6.07) is 1.20. The van der Waals surface area contributed by atoms with Gasteiger partial charge in [0.05, 0.1) is 0 Å². The van der Waals surface area contributed by atoms with Gasteiger partial charge < -0.3 is 10.0 Å². The fourth-order valence-electron chi connectivity index (χ4n) is 1.76. The number of rotatable bonds is 1. The maximum absolute atomic E-state index is 8.95. The van der Waals surface area contributed by atoms with Gasteiger partial charge in [-0.2, -0.15) is 0 Å². The molecule has 0 radical (unpaired) electrons. The molecule has 0 aromatic heterocycles. The smallest absolute Gasteiger partial charge is 0.0474 e. The Bertz CT molecular complexity index is 116. The lowest BCUT2D eigenvalue weighted by Gasteiger charge is -2.21. The Balaban J connectivity index is 2.53. The van der Waals surface area contributed by atoms with Gasteiger partial charge in [0.25, 0.3) is 0 Å². The zero-order valence-corrected chi connectivity index (χ0v) is 7.04. The van der Waals surface area contributed by atoms with Crippen LogP contribution < -0.4 is 0 Å². The maximum atomic E-state index is 8.95. The Labute approximate surface area is 62.8 Å². The molecule has 1 rings (SSSR count). The van der Waals surface area contributed by atoms with Gasteiger partial charge in [-0.1, -0.05) is 0 Å². The third-order valence-corrected chi connectivity index (χ3v) is 2.90. The van der Waals surface area contributed by atoms with E-state index in [4.69, 9.17) is 5.11 Å². The average Bonchev–Trinajstić information content (AvgIpc) is 2.17. The monoisotopic (exact) mass is 143 g/mol. The number of likely N-dealkylation sites (tertiary alicyclic amines) is 1. The van der Waals surface area contributed by atoms with Crippen LogP contribution in [0.4, 0.5) is 0 Å². The van der Waals surface area contributed by atoms with Crippen molar-refractivity contribution in [1.29, 1.82) is 0 Å². The molecule has 2 heteroatoms. The van der Waals surface area contributed by atoms with Crippen LogP contribution in [0, 0.1) is 5.92 Å². The minimum Gasteiger partial charge on any atom is -0.396 e. The molecule has 1 aliphatic rings. The highest BCUT2D eigenvalue weighted by Gasteiger charge is 2.32. The molecular formula is C8H17NO. The number of aliphatic hydroxyl groups excluding tert-OH is 1. The van der Waals surface area contributed by atoms with Crippen molar-refractivity contribution < 1.29 is 5.11 Å². The van der Waals surface area contributed by atoms with Gasteiger partial charge in [-0.25, -0.2) is 0 Å². The summed E-state index contributed by atoms with van der Waals surface area (Å²) < 4.78 is 0. The molecule has 1 aliphatic heterocycles. The van der Waals surface area contributed by atoms with Crippen LogP contribution in [0.25, 0.3) is 0 Å². The summed E-state index contributed by atoms with van der Waals surface area (Å²) in [6.07, 6.45) is 1.15. The lowest BCUT2D eigenvalue weighted by molar-refractivity contribution is 0.186. The first-order valence-corrected chi connectivity index (χ1v) is 3.99. The Hall–Kier alpha value is -0.0800. The number of hydrogen-bond acceptors (Lipinski definition) is 2. The molecule has 0 saturated carbocycles. The average molecular weight is 143 g/mol. The number of aliphatic hydroxyl groups is 1. The van der Waals surface area contributed by atoms with Crippen LogP contribution in [-0.4, -0.2) is 35.7 Å². The minimum absolute atomic E-state index is 0.343. The number of hydrogen-bond donors (Lipinski definition) is 1. The van der Waals surface area contributed by atoms with Crippen LogP contribution in [0.1, 0.15) is 20.3 Å². The highest BCUT2D eigenvalue weighted by molar-refractivity contribution is 4.86. The van der Waals surface area contributed by atoms with Crippen molar-refractivity contribution in [2.24, 2.45) is 5.92 Å². The summed E-state index contributed by atoms with van der Waals surface area (Å²) in [5.74, 6) is 0.500. The van der Waals surface area contributed by atoms with E-state index in [9.17, 15) is 0 Å². The third-order valence-electron chi connectivity index (χ3n) is 2.90. The van der Waals surface area contributed by atoms with Crippen LogP contribution in [0.2, 0.25) is 0 Å². The molecule has 1 saturated heterocycles. The lowest BCUT2D eigenvalue weighted by atomic mass is 10.0. The minimum atomic E-state index is 0.343. The van der Waals surface area contributed by atoms with E-state index in [2.05, 4.69) is 25.8 Å². The van der Waals surface area contributed by atoms with Crippen LogP contribution in [0.3, 0.4) is 0 Å². The molecule has 1 heterocycles. The number of nitrogens with zero attached hydrogens (tertiary/aromatic N) is 1. The van der Waals surface area contributed by atoms with Gasteiger partial charge in [0.2, 0.25) is 0 Å². The van der Waals surface area contributed by atoms with Gasteiger partial charge >= 0.3 is 0 Å². The van der Waals surface area contributed by atoms with E-state index in [1.54, 1.807) is 0 Å². The van der Waals surface area contributed by atoms with Gasteiger partial charge in [-0.15, -0.1) is 0 Å². The molecule has 3 atom stereocenters. The molecule has 0 spiro atoms. The molecule has 0 aliphatic carbocycles. The quantitative estimate of drug-likeness (QED) is 0.584. The fraction of sp³-hybridized carbons (Fsp3) is 1.00. The van der Waals surface area contributed by atoms with Crippen molar-refractivity contribution >= 4 is 0 Å². The third kappa shape index (κ3) is 1.18. The second-order valence-corrected chi connectivity index (χ2v) is 3.43. The van der Waals surface area contributed by atoms with Gasteiger partial charge in [0.15, 0.2) is 0 Å². The van der Waals surface area contributed by atoms with Crippen LogP contribution in [0.15, 0.2) is 0 Å². The first-order valence-electron chi connectivity index (χ1n) is 3.99. The van der Waals surface area contributed by atoms with E-state index in [1.807, 2.05) is 0 Å². The van der Waals surface area contributed by atoms with Crippen molar-refractivity contribution in [3.8, 4) is 0 Å². The Morgan fingerprint density at radius 2 is 2.10 bits per heavy atom. The van der Waals surface area contributed by atoms with Crippen LogP contribution in [-0.2, 0) is 0 Å². The molecule has 1 N–H and O–H groups in total. The van der Waals surface area contributed by atoms with Crippen molar-refractivity contribution in [3.63, 3.8) is 0 Å². The summed E-state index contributed by atoms with van der Waals surface area (Å²) >= 11 is 0. The predicted molar refractivity (Wildman–Crippen MR) is 41.9 cm³/mol. The SMILES string of the molecule is CC1CC(CO)C(C)N1C. The first-order chi connectivity index (χ1) is 4.66. The topological polar surface area (TPSA) is 23.5 Å². The van der Waals surface area contributed by atoms with Crippen molar-refractivity contribution in [2.45, 2.75) is 32.4 Å². The Kier molecular flexibility index (Phi) is 2.32. The largest absolute Gasteiger partial charge is 0.396 e. The van der Waals surface area contributed by atoms with E-state index >= 15 is 0 Å². The van der Waals surface area contributed by atoms with E-state index < -0.39 is 0 Å². The van der Waals surface area contributed by atoms with Crippen molar-refractivity contribution in [2.75, 3.05) is 13.7 Å². The van der Waals surface area contributed by atoms with E-state index in [0.717, 1.165) is 6.42 Å². The summed E-state index contributed by atoms with van der Waals surface area (Å²) in [7, 11) is 2.13. The molecule has 0 bridgehead atoms. The van der Waals surface area contributed by atoms with Crippen molar-refractivity contribution in [1.82, 2.24) is 4.90 Å². The lowest BCUT2D eigenvalue weighted by Crippen LogP contribution is -2.30. The highest BCUT2D eigenvalue weighted by atomic mass is 16.3. The molecule has 10 heavy (non-hydrogen) atoms. The molecule has 0 aromatic carbocycles. The fourth-order valence-corrected chi connectivity index (χ4v) is 1.76. The van der Waals surface area contributed by atoms with Gasteiger partial charge in [-0.05, 0) is 33.2 Å². The van der Waals surface area contributed by atoms with Crippen LogP contribution >= 0.6 is 0 Å². The van der Waals surface area contributed by atoms with E-state index in [-0.39, 0.29) is 0 Å². The van der Waals surface area contributed by atoms with Crippen molar-refractivity contribution in [3.05, 3.63) is 0 Å². The van der Waals surface area contributed by atoms with E-state index in [1.165, 1.54) is 0 Å². The summed E-state index contributed by atoms with van der Waals surface area (Å²) in [4.78, 5) is 2.33. The van der Waals surface area contributed by atoms with Crippen LogP contribution in [0.5, 0.6) is 0 Å². The second-order valence-electron chi connectivity index (χ2n) is 3.43. The summed E-state index contributed by atoms with van der Waals surface area (Å²) in [6.45, 7) is 4.74. The Morgan fingerprint density at radius 1 is 1.50 bits per heavy atom. The molecule has 2 nitrogen and oxygen atoms in total. The standard InChI is InChI=1S/C8H17NO/c1-6-4-8(5-10)7(2)9(6)3/h6-8,10H,4-5H2,1-3H3. The second kappa shape index (κ2) is 2.89. The predicted octanol–water partition coefficient (Wildman–Crippen LogP) is 0.707. The summed E-state index contributed by atoms with van der Waals surface area (Å²) in [5, 5.41) is 8.95. The molecule has 3 unspecified atom stereocenters.